The Morgan fingerprint density at radius 2 is 0.521 bits per heavy atom. The number of nitrogens with zero attached hydrogens (tertiary/aromatic N) is 5. The van der Waals surface area contributed by atoms with Gasteiger partial charge in [0.05, 0.1) is 78.0 Å². The number of amides is 10. The summed E-state index contributed by atoms with van der Waals surface area (Å²) in [5.74, 6) is -4.88. The molecule has 0 saturated carbocycles. The largest absolute Gasteiger partial charge is 0.322 e. The molecule has 0 saturated heterocycles. The number of rotatable bonds is 10. The molecule has 20 rings (SSSR count). The highest BCUT2D eigenvalue weighted by Crippen LogP contribution is 2.45. The second kappa shape index (κ2) is 41.2. The number of likely N-dealkylation sites (N-methyl/N-ethyl adjacent to an activating group) is 5. The van der Waals surface area contributed by atoms with Gasteiger partial charge < -0.3 is 26.6 Å². The first-order valence-electron chi connectivity index (χ1n) is 45.8. The summed E-state index contributed by atoms with van der Waals surface area (Å²) < 4.78 is 132. The van der Waals surface area contributed by atoms with E-state index in [1.165, 1.54) is 41.3 Å². The van der Waals surface area contributed by atoms with E-state index in [0.29, 0.717) is 155 Å². The zero-order valence-electron chi connectivity index (χ0n) is 77.7. The molecule has 5 aliphatic heterocycles. The minimum absolute atomic E-state index is 0.0302. The third-order valence-corrected chi connectivity index (χ3v) is 38.2. The lowest BCUT2D eigenvalue weighted by Gasteiger charge is -2.30. The van der Waals surface area contributed by atoms with Crippen LogP contribution in [0.25, 0.3) is 0 Å². The predicted octanol–water partition coefficient (Wildman–Crippen LogP) is 16.8. The molecule has 10 aromatic rings. The van der Waals surface area contributed by atoms with Crippen molar-refractivity contribution in [2.24, 2.45) is 0 Å². The Hall–Kier alpha value is -11.6. The van der Waals surface area contributed by atoms with Gasteiger partial charge in [-0.1, -0.05) is 93.9 Å². The summed E-state index contributed by atoms with van der Waals surface area (Å²) >= 11 is 36.4. The van der Waals surface area contributed by atoms with E-state index >= 15 is 0 Å². The number of sulfonamides is 5. The standard InChI is InChI=1S/C21H21ClN2O4S.C20H18Cl2N2O4S.3C20H19ClN2O4S/c1-12-7-8-14(10-17(12)22)23-21(26)20-15-6-4-3-5-13(15)9-18-16(20)11-19(25)24(2)29(18,27)28;1-24-18(25)10-14-17(29(24,27)28)8-11-4-2-3-5-13(11)19(14)20(26)23-16-9-12(21)6-7-15(16)22;1-23-18(24)11-14-17(28(23,26)27)10-12-6-2-3-7-13(12)19(14)20(25)22-16-9-5-4-8-15(16)21;1-23-18(24)11-16-17(28(23,26)27)9-12-5-2-3-8-15(12)19(16)20(25)22-14-7-4-6-13(21)10-14;1-23-18(24)11-16-17(28(23,26)27)10-12-4-2-3-5-15(12)19(16)20(25)22-14-8-6-13(21)7-9-14/h7-10H,3-6,11H2,1-2H3,(H,23,26);6-9H,2-5,10H2,1H3,(H,23,26);4-5,8-10H,2-3,6-7,11H2,1H3,(H,22,25);4,6-7,9-10H,2-3,5,8,11H2,1H3,(H,22,25);6-10H,2-5,11H2,1H3,(H,22,25). The lowest BCUT2D eigenvalue weighted by atomic mass is 9.84. The Morgan fingerprint density at radius 1 is 0.254 bits per heavy atom. The molecular weight excluding hydrogens is 2050 g/mol. The number of aryl methyl sites for hydroxylation is 6. The van der Waals surface area contributed by atoms with Crippen LogP contribution in [0, 0.1) is 6.92 Å². The van der Waals surface area contributed by atoms with E-state index in [9.17, 15) is 90.0 Å². The molecule has 0 spiro atoms. The number of fused-ring (bicyclic) bond motifs is 10. The molecule has 0 atom stereocenters. The zero-order chi connectivity index (χ0) is 102. The fourth-order valence-corrected chi connectivity index (χ4v) is 27.7. The van der Waals surface area contributed by atoms with Crippen LogP contribution in [0.4, 0.5) is 28.4 Å². The Labute approximate surface area is 852 Å². The van der Waals surface area contributed by atoms with Gasteiger partial charge in [0.25, 0.3) is 79.7 Å². The molecule has 10 aromatic carbocycles. The molecular formula is C101H96Cl6N10O20S5. The Morgan fingerprint density at radius 3 is 0.838 bits per heavy atom. The quantitative estimate of drug-likeness (QED) is 0.0849. The molecule has 10 amide bonds. The van der Waals surface area contributed by atoms with Crippen LogP contribution < -0.4 is 26.6 Å². The van der Waals surface area contributed by atoms with Crippen molar-refractivity contribution in [3.05, 3.63) is 286 Å². The first kappa shape index (κ1) is 103. The normalized spacial score (nSPS) is 17.6. The summed E-state index contributed by atoms with van der Waals surface area (Å²) in [6.45, 7) is 1.87. The van der Waals surface area contributed by atoms with Crippen LogP contribution in [0.15, 0.2) is 164 Å². The maximum Gasteiger partial charge on any atom is 0.266 e. The SMILES string of the molecule is CN1C(=O)Cc2c(cc3c(c2C(=O)Nc2cc(Cl)ccc2Cl)CCCC3)S1(=O)=O.CN1C(=O)Cc2c(cc3c(c2C(=O)Nc2ccc(Cl)cc2)CCCC3)S1(=O)=O.CN1C(=O)Cc2c(cc3c(c2C(=O)Nc2cccc(Cl)c2)CCCC3)S1(=O)=O.CN1C(=O)Cc2c(cc3c(c2C(=O)Nc2ccccc2Cl)CCCC3)S1(=O)=O.Cc1ccc(NC(=O)c2c3c(cc4c2CC(=O)N(C)S4(=O)=O)CCCC3)cc1Cl. The summed E-state index contributed by atoms with van der Waals surface area (Å²) in [6, 6.07) is 38.4. The third kappa shape index (κ3) is 20.3. The summed E-state index contributed by atoms with van der Waals surface area (Å²) in [6.07, 6.45) is 15.6. The third-order valence-electron chi connectivity index (χ3n) is 27.2. The maximum absolute atomic E-state index is 13.3. The Kier molecular flexibility index (Phi) is 30.0. The highest BCUT2D eigenvalue weighted by Gasteiger charge is 2.46. The summed E-state index contributed by atoms with van der Waals surface area (Å²) in [5, 5.41) is 16.7. The summed E-state index contributed by atoms with van der Waals surface area (Å²) in [4.78, 5) is 128. The van der Waals surface area contributed by atoms with Gasteiger partial charge in [-0.25, -0.2) is 63.6 Å². The zero-order valence-corrected chi connectivity index (χ0v) is 86.3. The molecule has 742 valence electrons. The molecule has 30 nitrogen and oxygen atoms in total. The van der Waals surface area contributed by atoms with E-state index in [1.54, 1.807) is 133 Å². The van der Waals surface area contributed by atoms with Gasteiger partial charge in [-0.05, 0) is 340 Å². The van der Waals surface area contributed by atoms with E-state index < -0.39 is 109 Å². The molecule has 0 unspecified atom stereocenters. The number of hydrogen-bond acceptors (Lipinski definition) is 20. The minimum atomic E-state index is -3.99. The molecule has 0 aromatic heterocycles. The van der Waals surface area contributed by atoms with Gasteiger partial charge in [-0.2, -0.15) is 0 Å². The highest BCUT2D eigenvalue weighted by molar-refractivity contribution is 7.91. The van der Waals surface area contributed by atoms with Crippen LogP contribution in [-0.4, -0.2) is 158 Å². The lowest BCUT2D eigenvalue weighted by Crippen LogP contribution is -2.40. The smallest absolute Gasteiger partial charge is 0.266 e. The average Bonchev–Trinajstić information content (AvgIpc) is 0.748. The Balaban J connectivity index is 0.000000128. The van der Waals surface area contributed by atoms with Crippen molar-refractivity contribution in [2.45, 2.75) is 192 Å². The second-order valence-corrected chi connectivity index (χ2v) is 48.2. The van der Waals surface area contributed by atoms with Crippen molar-refractivity contribution in [3.8, 4) is 0 Å². The molecule has 5 heterocycles. The predicted molar refractivity (Wildman–Crippen MR) is 540 cm³/mol. The molecule has 0 fully saturated rings. The monoisotopic (exact) mass is 2140 g/mol. The number of benzene rings is 10. The van der Waals surface area contributed by atoms with Crippen LogP contribution in [0.5, 0.6) is 0 Å². The maximum atomic E-state index is 13.3. The van der Waals surface area contributed by atoms with Crippen LogP contribution in [0.1, 0.15) is 205 Å². The molecule has 0 bridgehead atoms. The van der Waals surface area contributed by atoms with E-state index in [2.05, 4.69) is 26.6 Å². The number of anilines is 5. The molecule has 41 heteroatoms. The molecule has 5 aliphatic carbocycles. The number of carbonyl (C=O) groups is 10. The van der Waals surface area contributed by atoms with Gasteiger partial charge in [-0.15, -0.1) is 0 Å². The second-order valence-electron chi connectivity index (χ2n) is 35.9. The van der Waals surface area contributed by atoms with Gasteiger partial charge in [0.15, 0.2) is 0 Å². The van der Waals surface area contributed by atoms with Crippen molar-refractivity contribution in [1.29, 1.82) is 0 Å². The van der Waals surface area contributed by atoms with Crippen LogP contribution in [0.2, 0.25) is 30.1 Å². The topological polar surface area (TPSA) is 418 Å². The highest BCUT2D eigenvalue weighted by atomic mass is 35.5. The van der Waals surface area contributed by atoms with Crippen LogP contribution in [0.3, 0.4) is 0 Å². The van der Waals surface area contributed by atoms with Crippen LogP contribution >= 0.6 is 69.6 Å². The fraction of sp³-hybridized carbons (Fsp3) is 0.307. The molecule has 0 radical (unpaired) electrons. The van der Waals surface area contributed by atoms with E-state index in [-0.39, 0.29) is 73.3 Å². The number of hydrogen-bond donors (Lipinski definition) is 5. The van der Waals surface area contributed by atoms with Crippen molar-refractivity contribution >= 4 is 207 Å². The van der Waals surface area contributed by atoms with Gasteiger partial charge in [-0.3, -0.25) is 47.9 Å². The Bertz CT molecular complexity index is 7720. The van der Waals surface area contributed by atoms with E-state index in [1.807, 2.05) is 6.92 Å². The van der Waals surface area contributed by atoms with Gasteiger partial charge in [0.2, 0.25) is 29.5 Å². The summed E-state index contributed by atoms with van der Waals surface area (Å²) in [7, 11) is -13.6. The summed E-state index contributed by atoms with van der Waals surface area (Å²) in [5.41, 5.74) is 14.7. The van der Waals surface area contributed by atoms with Crippen LogP contribution in [-0.2, 0) is 170 Å². The van der Waals surface area contributed by atoms with E-state index in [4.69, 9.17) is 69.6 Å². The van der Waals surface area contributed by atoms with Crippen molar-refractivity contribution < 1.29 is 90.0 Å². The van der Waals surface area contributed by atoms with Gasteiger partial charge >= 0.3 is 0 Å². The first-order chi connectivity index (χ1) is 67.3. The van der Waals surface area contributed by atoms with Crippen molar-refractivity contribution in [3.63, 3.8) is 0 Å². The number of carbonyl (C=O) groups excluding carboxylic acids is 10. The van der Waals surface area contributed by atoms with E-state index in [0.717, 1.165) is 153 Å². The number of nitrogens with one attached hydrogen (secondary N) is 5. The average molecular weight is 2140 g/mol. The molecule has 142 heavy (non-hydrogen) atoms. The lowest BCUT2D eigenvalue weighted by molar-refractivity contribution is -0.126. The van der Waals surface area contributed by atoms with Crippen molar-refractivity contribution in [1.82, 2.24) is 21.5 Å². The first-order valence-corrected chi connectivity index (χ1v) is 55.3. The number of halogens is 6. The van der Waals surface area contributed by atoms with Crippen molar-refractivity contribution in [2.75, 3.05) is 61.8 Å². The van der Waals surface area contributed by atoms with Gasteiger partial charge in [0.1, 0.15) is 0 Å². The van der Waals surface area contributed by atoms with Gasteiger partial charge in [0, 0.05) is 100 Å². The minimum Gasteiger partial charge on any atom is -0.322 e. The fourth-order valence-electron chi connectivity index (χ4n) is 19.6. The molecule has 10 aliphatic rings. The number of para-hydroxylation sites is 1. The molecule has 5 N–H and O–H groups in total.